The van der Waals surface area contributed by atoms with E-state index in [1.807, 2.05) is 29.6 Å². The Bertz CT molecular complexity index is 723. The lowest BCUT2D eigenvalue weighted by atomic mass is 9.74. The van der Waals surface area contributed by atoms with Crippen LogP contribution in [-0.2, 0) is 21.4 Å². The second-order valence-corrected chi connectivity index (χ2v) is 7.53. The van der Waals surface area contributed by atoms with E-state index in [1.54, 1.807) is 25.6 Å². The summed E-state index contributed by atoms with van der Waals surface area (Å²) in [7, 11) is 3.27. The summed E-state index contributed by atoms with van der Waals surface area (Å²) in [6.07, 6.45) is 2.15. The van der Waals surface area contributed by atoms with Gasteiger partial charge in [0.2, 0.25) is 5.91 Å². The third-order valence-corrected chi connectivity index (χ3v) is 5.86. The summed E-state index contributed by atoms with van der Waals surface area (Å²) in [6.45, 7) is 1.97. The number of nitrogens with one attached hydrogen (secondary N) is 1. The van der Waals surface area contributed by atoms with Crippen LogP contribution < -0.4 is 14.8 Å². The summed E-state index contributed by atoms with van der Waals surface area (Å²) in [6, 6.07) is 9.98. The van der Waals surface area contributed by atoms with Gasteiger partial charge in [0, 0.05) is 30.1 Å². The van der Waals surface area contributed by atoms with Crippen LogP contribution in [0.4, 0.5) is 0 Å². The van der Waals surface area contributed by atoms with Crippen LogP contribution >= 0.6 is 11.3 Å². The van der Waals surface area contributed by atoms with Gasteiger partial charge < -0.3 is 19.5 Å². The highest BCUT2D eigenvalue weighted by molar-refractivity contribution is 7.10. The summed E-state index contributed by atoms with van der Waals surface area (Å²) in [5.74, 6) is 1.47. The maximum absolute atomic E-state index is 12.4. The highest BCUT2D eigenvalue weighted by Crippen LogP contribution is 2.38. The molecule has 1 aliphatic rings. The fourth-order valence-electron chi connectivity index (χ4n) is 3.40. The largest absolute Gasteiger partial charge is 0.493 e. The molecule has 0 spiro atoms. The summed E-state index contributed by atoms with van der Waals surface area (Å²) in [4.78, 5) is 13.4. The number of hydrogen-bond acceptors (Lipinski definition) is 5. The van der Waals surface area contributed by atoms with Gasteiger partial charge in [0.25, 0.3) is 0 Å². The monoisotopic (exact) mass is 375 g/mol. The van der Waals surface area contributed by atoms with Crippen molar-refractivity contribution in [2.24, 2.45) is 0 Å². The van der Waals surface area contributed by atoms with Crippen LogP contribution in [0.5, 0.6) is 11.5 Å². The van der Waals surface area contributed by atoms with Crippen LogP contribution in [0, 0.1) is 0 Å². The van der Waals surface area contributed by atoms with Crippen molar-refractivity contribution in [3.8, 4) is 11.5 Å². The van der Waals surface area contributed by atoms with Crippen molar-refractivity contribution in [1.29, 1.82) is 0 Å². The number of rotatable bonds is 7. The number of amides is 1. The van der Waals surface area contributed by atoms with Gasteiger partial charge in [-0.15, -0.1) is 11.3 Å². The third-order valence-electron chi connectivity index (χ3n) is 4.98. The lowest BCUT2D eigenvalue weighted by molar-refractivity contribution is -0.120. The van der Waals surface area contributed by atoms with Gasteiger partial charge in [-0.3, -0.25) is 4.79 Å². The van der Waals surface area contributed by atoms with Gasteiger partial charge in [-0.2, -0.15) is 0 Å². The molecule has 0 radical (unpaired) electrons. The molecule has 0 unspecified atom stereocenters. The zero-order valence-corrected chi connectivity index (χ0v) is 16.1. The Labute approximate surface area is 158 Å². The van der Waals surface area contributed by atoms with Crippen LogP contribution in [0.2, 0.25) is 0 Å². The van der Waals surface area contributed by atoms with Crippen molar-refractivity contribution < 1.29 is 19.0 Å². The molecular weight excluding hydrogens is 350 g/mol. The molecule has 1 N–H and O–H groups in total. The maximum atomic E-state index is 12.4. The van der Waals surface area contributed by atoms with Gasteiger partial charge in [-0.1, -0.05) is 12.1 Å². The molecule has 1 aliphatic heterocycles. The van der Waals surface area contributed by atoms with E-state index >= 15 is 0 Å². The Morgan fingerprint density at radius 2 is 1.96 bits per heavy atom. The van der Waals surface area contributed by atoms with E-state index in [9.17, 15) is 4.79 Å². The highest BCUT2D eigenvalue weighted by Gasteiger charge is 2.35. The normalized spacial score (nSPS) is 16.1. The van der Waals surface area contributed by atoms with E-state index in [0.29, 0.717) is 37.7 Å². The first kappa shape index (κ1) is 18.7. The van der Waals surface area contributed by atoms with Gasteiger partial charge in [0.05, 0.1) is 20.6 Å². The van der Waals surface area contributed by atoms with Gasteiger partial charge in [0.15, 0.2) is 11.5 Å². The first-order chi connectivity index (χ1) is 12.7. The zero-order chi connectivity index (χ0) is 18.4. The number of carbonyl (C=O) groups excluding carboxylic acids is 1. The molecule has 6 heteroatoms. The second-order valence-electron chi connectivity index (χ2n) is 6.50. The SMILES string of the molecule is COc1ccc(C2(CNC(=O)Cc3cccs3)CCOCC2)cc1OC. The fraction of sp³-hybridized carbons (Fsp3) is 0.450. The molecule has 1 aromatic heterocycles. The first-order valence-electron chi connectivity index (χ1n) is 8.76. The minimum Gasteiger partial charge on any atom is -0.493 e. The van der Waals surface area contributed by atoms with Crippen molar-refractivity contribution in [2.45, 2.75) is 24.7 Å². The van der Waals surface area contributed by atoms with Crippen LogP contribution in [0.1, 0.15) is 23.3 Å². The average Bonchev–Trinajstić information content (AvgIpc) is 3.19. The van der Waals surface area contributed by atoms with E-state index in [1.165, 1.54) is 0 Å². The van der Waals surface area contributed by atoms with Crippen molar-refractivity contribution in [3.05, 3.63) is 46.2 Å². The molecule has 0 aliphatic carbocycles. The van der Waals surface area contributed by atoms with Gasteiger partial charge in [-0.25, -0.2) is 0 Å². The fourth-order valence-corrected chi connectivity index (χ4v) is 4.10. The Morgan fingerprint density at radius 3 is 2.62 bits per heavy atom. The molecular formula is C20H25NO4S. The van der Waals surface area contributed by atoms with Crippen molar-refractivity contribution >= 4 is 17.2 Å². The summed E-state index contributed by atoms with van der Waals surface area (Å²) in [5.41, 5.74) is 0.998. The average molecular weight is 375 g/mol. The number of thiophene rings is 1. The molecule has 2 aromatic rings. The number of carbonyl (C=O) groups is 1. The molecule has 1 aromatic carbocycles. The van der Waals surface area contributed by atoms with E-state index < -0.39 is 0 Å². The second kappa shape index (κ2) is 8.56. The number of benzene rings is 1. The van der Waals surface area contributed by atoms with E-state index in [4.69, 9.17) is 14.2 Å². The van der Waals surface area contributed by atoms with Gasteiger partial charge >= 0.3 is 0 Å². The molecule has 0 atom stereocenters. The topological polar surface area (TPSA) is 56.8 Å². The summed E-state index contributed by atoms with van der Waals surface area (Å²) < 4.78 is 16.4. The molecule has 0 bridgehead atoms. The van der Waals surface area contributed by atoms with Crippen molar-refractivity contribution in [2.75, 3.05) is 34.0 Å². The van der Waals surface area contributed by atoms with Crippen LogP contribution in [0.3, 0.4) is 0 Å². The van der Waals surface area contributed by atoms with Crippen molar-refractivity contribution in [1.82, 2.24) is 5.32 Å². The smallest absolute Gasteiger partial charge is 0.225 e. The Balaban J connectivity index is 1.77. The van der Waals surface area contributed by atoms with Crippen LogP contribution in [-0.4, -0.2) is 39.9 Å². The summed E-state index contributed by atoms with van der Waals surface area (Å²) >= 11 is 1.61. The molecule has 3 rings (SSSR count). The van der Waals surface area contributed by atoms with Crippen molar-refractivity contribution in [3.63, 3.8) is 0 Å². The molecule has 140 valence electrons. The Hall–Kier alpha value is -2.05. The van der Waals surface area contributed by atoms with Gasteiger partial charge in [-0.05, 0) is 42.0 Å². The molecule has 5 nitrogen and oxygen atoms in total. The van der Waals surface area contributed by atoms with Crippen LogP contribution in [0.15, 0.2) is 35.7 Å². The molecule has 1 saturated heterocycles. The number of ether oxygens (including phenoxy) is 3. The molecule has 0 saturated carbocycles. The van der Waals surface area contributed by atoms with E-state index in [2.05, 4.69) is 11.4 Å². The standard InChI is InChI=1S/C20H25NO4S/c1-23-17-6-5-15(12-18(17)24-2)20(7-9-25-10-8-20)14-21-19(22)13-16-4-3-11-26-16/h3-6,11-12H,7-10,13-14H2,1-2H3,(H,21,22). The Kier molecular flexibility index (Phi) is 6.16. The van der Waals surface area contributed by atoms with Gasteiger partial charge in [0.1, 0.15) is 0 Å². The third kappa shape index (κ3) is 4.19. The predicted octanol–water partition coefficient (Wildman–Crippen LogP) is 3.17. The van der Waals surface area contributed by atoms with E-state index in [0.717, 1.165) is 23.3 Å². The Morgan fingerprint density at radius 1 is 1.19 bits per heavy atom. The maximum Gasteiger partial charge on any atom is 0.225 e. The summed E-state index contributed by atoms with van der Waals surface area (Å²) in [5, 5.41) is 5.13. The number of hydrogen-bond donors (Lipinski definition) is 1. The lowest BCUT2D eigenvalue weighted by Crippen LogP contribution is -2.45. The highest BCUT2D eigenvalue weighted by atomic mass is 32.1. The van der Waals surface area contributed by atoms with Crippen LogP contribution in [0.25, 0.3) is 0 Å². The molecule has 1 fully saturated rings. The quantitative estimate of drug-likeness (QED) is 0.808. The minimum absolute atomic E-state index is 0.0544. The molecule has 1 amide bonds. The zero-order valence-electron chi connectivity index (χ0n) is 15.2. The lowest BCUT2D eigenvalue weighted by Gasteiger charge is -2.38. The minimum atomic E-state index is -0.150. The first-order valence-corrected chi connectivity index (χ1v) is 9.64. The number of methoxy groups -OCH3 is 2. The molecule has 2 heterocycles. The van der Waals surface area contributed by atoms with E-state index in [-0.39, 0.29) is 11.3 Å². The predicted molar refractivity (Wildman–Crippen MR) is 102 cm³/mol. The molecule has 26 heavy (non-hydrogen) atoms.